The monoisotopic (exact) mass is 227 g/mol. The van der Waals surface area contributed by atoms with E-state index in [9.17, 15) is 0 Å². The second-order valence-electron chi connectivity index (χ2n) is 3.76. The Hall–Kier alpha value is -1.07. The second-order valence-corrected chi connectivity index (χ2v) is 4.14. The first-order chi connectivity index (χ1) is 7.15. The van der Waals surface area contributed by atoms with Gasteiger partial charge in [-0.05, 0) is 12.8 Å². The second kappa shape index (κ2) is 4.20. The van der Waals surface area contributed by atoms with Gasteiger partial charge in [0.05, 0.1) is 0 Å². The first kappa shape index (κ1) is 10.4. The van der Waals surface area contributed by atoms with Crippen LogP contribution in [0, 0.1) is 0 Å². The van der Waals surface area contributed by atoms with Crippen molar-refractivity contribution in [1.29, 1.82) is 0 Å². The minimum atomic E-state index is 0.203. The van der Waals surface area contributed by atoms with E-state index in [1.54, 1.807) is 6.07 Å². The molecule has 1 aliphatic heterocycles. The zero-order chi connectivity index (χ0) is 10.8. The number of halogens is 1. The smallest absolute Gasteiger partial charge is 0.223 e. The van der Waals surface area contributed by atoms with Crippen LogP contribution in [0.2, 0.25) is 5.15 Å². The number of nitrogen functional groups attached to an aromatic ring is 1. The molecule has 0 saturated carbocycles. The van der Waals surface area contributed by atoms with Crippen molar-refractivity contribution in [2.45, 2.75) is 18.9 Å². The first-order valence-electron chi connectivity index (χ1n) is 4.96. The number of hydrogen-bond donors (Lipinski definition) is 2. The van der Waals surface area contributed by atoms with E-state index in [-0.39, 0.29) is 12.0 Å². The highest BCUT2D eigenvalue weighted by Gasteiger charge is 2.18. The molecular formula is C9H14ClN5. The van der Waals surface area contributed by atoms with Gasteiger partial charge >= 0.3 is 0 Å². The summed E-state index contributed by atoms with van der Waals surface area (Å²) < 4.78 is 0. The largest absolute Gasteiger partial charge is 0.368 e. The Bertz CT molecular complexity index is 336. The summed E-state index contributed by atoms with van der Waals surface area (Å²) in [6.45, 7) is 1.74. The van der Waals surface area contributed by atoms with Crippen molar-refractivity contribution >= 4 is 23.4 Å². The highest BCUT2D eigenvalue weighted by Crippen LogP contribution is 2.20. The number of nitrogens with two attached hydrogens (primary N) is 2. The predicted molar refractivity (Wildman–Crippen MR) is 60.9 cm³/mol. The van der Waals surface area contributed by atoms with Gasteiger partial charge in [-0.25, -0.2) is 4.98 Å². The van der Waals surface area contributed by atoms with E-state index in [4.69, 9.17) is 23.1 Å². The minimum Gasteiger partial charge on any atom is -0.368 e. The normalized spacial score (nSPS) is 21.7. The number of piperidine rings is 1. The Balaban J connectivity index is 2.20. The Morgan fingerprint density at radius 1 is 1.47 bits per heavy atom. The Labute approximate surface area is 93.4 Å². The standard InChI is InChI=1S/C9H14ClN5/c10-7-4-8(14-9(12)13-7)15-3-1-2-6(11)5-15/h4,6H,1-3,5,11H2,(H2,12,13,14)/t6-/m1/s1. The fourth-order valence-electron chi connectivity index (χ4n) is 1.80. The molecular weight excluding hydrogens is 214 g/mol. The molecule has 0 aliphatic carbocycles. The number of nitrogens with zero attached hydrogens (tertiary/aromatic N) is 3. The van der Waals surface area contributed by atoms with Crippen molar-refractivity contribution in [2.75, 3.05) is 23.7 Å². The molecule has 1 saturated heterocycles. The summed E-state index contributed by atoms with van der Waals surface area (Å²) in [7, 11) is 0. The van der Waals surface area contributed by atoms with E-state index in [0.717, 1.165) is 31.7 Å². The van der Waals surface area contributed by atoms with Gasteiger partial charge in [-0.15, -0.1) is 0 Å². The molecule has 0 aromatic carbocycles. The van der Waals surface area contributed by atoms with Crippen LogP contribution in [0.15, 0.2) is 6.07 Å². The lowest BCUT2D eigenvalue weighted by Crippen LogP contribution is -2.43. The molecule has 0 spiro atoms. The molecule has 2 heterocycles. The van der Waals surface area contributed by atoms with Crippen molar-refractivity contribution in [3.8, 4) is 0 Å². The summed E-state index contributed by atoms with van der Waals surface area (Å²) in [6.07, 6.45) is 2.13. The molecule has 1 aromatic rings. The van der Waals surface area contributed by atoms with E-state index in [0.29, 0.717) is 5.15 Å². The van der Waals surface area contributed by atoms with Gasteiger partial charge in [0.25, 0.3) is 0 Å². The lowest BCUT2D eigenvalue weighted by atomic mass is 10.1. The molecule has 1 fully saturated rings. The van der Waals surface area contributed by atoms with Crippen molar-refractivity contribution in [1.82, 2.24) is 9.97 Å². The summed E-state index contributed by atoms with van der Waals surface area (Å²) in [6, 6.07) is 1.92. The van der Waals surface area contributed by atoms with Gasteiger partial charge in [0, 0.05) is 25.2 Å². The molecule has 0 radical (unpaired) electrons. The average molecular weight is 228 g/mol. The summed E-state index contributed by atoms with van der Waals surface area (Å²) >= 11 is 5.82. The van der Waals surface area contributed by atoms with Crippen LogP contribution in [-0.4, -0.2) is 29.1 Å². The van der Waals surface area contributed by atoms with Gasteiger partial charge in [0.2, 0.25) is 5.95 Å². The van der Waals surface area contributed by atoms with Gasteiger partial charge in [-0.2, -0.15) is 4.98 Å². The maximum atomic E-state index is 5.89. The SMILES string of the molecule is Nc1nc(Cl)cc(N2CCC[C@@H](N)C2)n1. The number of aromatic nitrogens is 2. The van der Waals surface area contributed by atoms with Crippen LogP contribution >= 0.6 is 11.6 Å². The maximum absolute atomic E-state index is 5.89. The molecule has 82 valence electrons. The molecule has 0 amide bonds. The Morgan fingerprint density at radius 2 is 2.27 bits per heavy atom. The van der Waals surface area contributed by atoms with E-state index in [1.165, 1.54) is 0 Å². The summed E-state index contributed by atoms with van der Waals surface area (Å²) in [5.74, 6) is 0.972. The third kappa shape index (κ3) is 2.49. The molecule has 0 unspecified atom stereocenters. The molecule has 15 heavy (non-hydrogen) atoms. The average Bonchev–Trinajstić information content (AvgIpc) is 2.16. The van der Waals surface area contributed by atoms with Crippen molar-refractivity contribution in [3.63, 3.8) is 0 Å². The van der Waals surface area contributed by atoms with E-state index < -0.39 is 0 Å². The van der Waals surface area contributed by atoms with Crippen LogP contribution in [0.25, 0.3) is 0 Å². The molecule has 1 aliphatic rings. The summed E-state index contributed by atoms with van der Waals surface area (Å²) in [5.41, 5.74) is 11.4. The van der Waals surface area contributed by atoms with Gasteiger partial charge in [0.1, 0.15) is 11.0 Å². The zero-order valence-electron chi connectivity index (χ0n) is 8.36. The molecule has 1 atom stereocenters. The Kier molecular flexibility index (Phi) is 2.93. The number of hydrogen-bond acceptors (Lipinski definition) is 5. The molecule has 5 nitrogen and oxygen atoms in total. The maximum Gasteiger partial charge on any atom is 0.223 e. The third-order valence-electron chi connectivity index (χ3n) is 2.48. The molecule has 6 heteroatoms. The van der Waals surface area contributed by atoms with Crippen LogP contribution in [0.5, 0.6) is 0 Å². The van der Waals surface area contributed by atoms with Crippen LogP contribution in [0.4, 0.5) is 11.8 Å². The van der Waals surface area contributed by atoms with Gasteiger partial charge in [0.15, 0.2) is 0 Å². The first-order valence-corrected chi connectivity index (χ1v) is 5.33. The highest BCUT2D eigenvalue weighted by molar-refractivity contribution is 6.29. The summed E-state index contributed by atoms with van der Waals surface area (Å²) in [5, 5.41) is 0.372. The predicted octanol–water partition coefficient (Wildman–Crippen LogP) is 0.640. The van der Waals surface area contributed by atoms with Crippen molar-refractivity contribution < 1.29 is 0 Å². The topological polar surface area (TPSA) is 81.1 Å². The van der Waals surface area contributed by atoms with Crippen LogP contribution in [-0.2, 0) is 0 Å². The van der Waals surface area contributed by atoms with Crippen LogP contribution in [0.3, 0.4) is 0 Å². The van der Waals surface area contributed by atoms with Crippen LogP contribution in [0.1, 0.15) is 12.8 Å². The quantitative estimate of drug-likeness (QED) is 0.689. The third-order valence-corrected chi connectivity index (χ3v) is 2.67. The molecule has 4 N–H and O–H groups in total. The van der Waals surface area contributed by atoms with Gasteiger partial charge in [-0.1, -0.05) is 11.6 Å². The lowest BCUT2D eigenvalue weighted by molar-refractivity contribution is 0.503. The lowest BCUT2D eigenvalue weighted by Gasteiger charge is -2.31. The van der Waals surface area contributed by atoms with Gasteiger partial charge < -0.3 is 16.4 Å². The van der Waals surface area contributed by atoms with E-state index in [1.807, 2.05) is 0 Å². The molecule has 1 aromatic heterocycles. The zero-order valence-corrected chi connectivity index (χ0v) is 9.11. The molecule has 2 rings (SSSR count). The summed E-state index contributed by atoms with van der Waals surface area (Å²) in [4.78, 5) is 10.1. The fourth-order valence-corrected chi connectivity index (χ4v) is 1.99. The van der Waals surface area contributed by atoms with Crippen molar-refractivity contribution in [2.24, 2.45) is 5.73 Å². The van der Waals surface area contributed by atoms with E-state index in [2.05, 4.69) is 14.9 Å². The number of anilines is 2. The Morgan fingerprint density at radius 3 is 2.93 bits per heavy atom. The van der Waals surface area contributed by atoms with E-state index >= 15 is 0 Å². The van der Waals surface area contributed by atoms with Gasteiger partial charge in [-0.3, -0.25) is 0 Å². The highest BCUT2D eigenvalue weighted by atomic mass is 35.5. The van der Waals surface area contributed by atoms with Crippen molar-refractivity contribution in [3.05, 3.63) is 11.2 Å². The molecule has 0 bridgehead atoms. The number of rotatable bonds is 1. The minimum absolute atomic E-state index is 0.203. The fraction of sp³-hybridized carbons (Fsp3) is 0.556. The van der Waals surface area contributed by atoms with Crippen LogP contribution < -0.4 is 16.4 Å².